The Morgan fingerprint density at radius 2 is 1.94 bits per heavy atom. The van der Waals surface area contributed by atoms with Gasteiger partial charge in [-0.3, -0.25) is 4.79 Å². The van der Waals surface area contributed by atoms with Crippen molar-refractivity contribution in [1.82, 2.24) is 9.80 Å². The van der Waals surface area contributed by atoms with Crippen LogP contribution in [0.4, 0.5) is 10.5 Å². The van der Waals surface area contributed by atoms with Crippen molar-refractivity contribution in [3.8, 4) is 17.6 Å². The number of para-hydroxylation sites is 2. The van der Waals surface area contributed by atoms with Gasteiger partial charge in [0.25, 0.3) is 0 Å². The lowest BCUT2D eigenvalue weighted by Crippen LogP contribution is -2.73. The minimum Gasteiger partial charge on any atom is -0.495 e. The third-order valence-electron chi connectivity index (χ3n) is 6.43. The van der Waals surface area contributed by atoms with Crippen molar-refractivity contribution < 1.29 is 19.4 Å². The van der Waals surface area contributed by atoms with E-state index in [2.05, 4.69) is 31.0 Å². The predicted octanol–water partition coefficient (Wildman–Crippen LogP) is 3.30. The summed E-state index contributed by atoms with van der Waals surface area (Å²) in [5.41, 5.74) is 2.53. The molecule has 4 rings (SSSR count). The maximum absolute atomic E-state index is 13.0. The number of hydrogen-bond acceptors (Lipinski definition) is 4. The molecule has 3 atom stereocenters. The highest BCUT2D eigenvalue weighted by molar-refractivity contribution is 5.94. The van der Waals surface area contributed by atoms with Gasteiger partial charge in [-0.05, 0) is 35.7 Å². The molecule has 7 nitrogen and oxygen atoms in total. The largest absolute Gasteiger partial charge is 0.495 e. The second-order valence-corrected chi connectivity index (χ2v) is 9.18. The molecule has 2 heterocycles. The minimum atomic E-state index is -0.348. The van der Waals surface area contributed by atoms with Crippen molar-refractivity contribution in [2.45, 2.75) is 38.3 Å². The average Bonchev–Trinajstić information content (AvgIpc) is 2.81. The molecule has 3 amide bonds. The highest BCUT2D eigenvalue weighted by Gasteiger charge is 2.54. The van der Waals surface area contributed by atoms with Crippen molar-refractivity contribution in [2.75, 3.05) is 32.1 Å². The smallest absolute Gasteiger partial charge is 0.322 e. The van der Waals surface area contributed by atoms with Crippen LogP contribution in [-0.4, -0.2) is 65.7 Å². The second-order valence-electron chi connectivity index (χ2n) is 9.18. The topological polar surface area (TPSA) is 82.1 Å². The van der Waals surface area contributed by atoms with Gasteiger partial charge < -0.3 is 25.0 Å². The fourth-order valence-electron chi connectivity index (χ4n) is 4.74. The van der Waals surface area contributed by atoms with Gasteiger partial charge in [0, 0.05) is 24.4 Å². The first-order valence-electron chi connectivity index (χ1n) is 11.6. The van der Waals surface area contributed by atoms with E-state index in [1.807, 2.05) is 36.4 Å². The summed E-state index contributed by atoms with van der Waals surface area (Å²) in [6.45, 7) is 4.53. The number of carbonyl (C=O) groups is 2. The first-order chi connectivity index (χ1) is 16.4. The number of fused-ring (bicyclic) bond motifs is 1. The van der Waals surface area contributed by atoms with E-state index in [9.17, 15) is 14.7 Å². The van der Waals surface area contributed by atoms with Crippen LogP contribution >= 0.6 is 0 Å². The Bertz CT molecular complexity index is 1100. The van der Waals surface area contributed by atoms with E-state index in [1.54, 1.807) is 24.1 Å². The molecule has 0 bridgehead atoms. The Hall–Kier alpha value is -3.50. The van der Waals surface area contributed by atoms with Crippen LogP contribution in [0.2, 0.25) is 0 Å². The summed E-state index contributed by atoms with van der Waals surface area (Å²) in [5.74, 6) is 7.26. The van der Waals surface area contributed by atoms with E-state index in [0.29, 0.717) is 23.9 Å². The summed E-state index contributed by atoms with van der Waals surface area (Å²) in [6, 6.07) is 14.3. The van der Waals surface area contributed by atoms with Crippen LogP contribution in [0, 0.1) is 17.8 Å². The van der Waals surface area contributed by atoms with Crippen LogP contribution in [-0.2, 0) is 4.79 Å². The summed E-state index contributed by atoms with van der Waals surface area (Å²) in [5, 5.41) is 12.9. The van der Waals surface area contributed by atoms with Crippen LogP contribution in [0.15, 0.2) is 48.5 Å². The molecule has 0 unspecified atom stereocenters. The summed E-state index contributed by atoms with van der Waals surface area (Å²) < 4.78 is 5.31. The number of urea groups is 1. The number of carbonyl (C=O) groups excluding carboxylic acids is 2. The maximum atomic E-state index is 13.0. The van der Waals surface area contributed by atoms with Crippen molar-refractivity contribution in [3.63, 3.8) is 0 Å². The molecule has 0 aromatic heterocycles. The fraction of sp³-hybridized carbons (Fsp3) is 0.407. The highest BCUT2D eigenvalue weighted by atomic mass is 16.5. The van der Waals surface area contributed by atoms with E-state index in [0.717, 1.165) is 17.5 Å². The number of anilines is 1. The number of ether oxygens (including phenoxy) is 1. The standard InChI is InChI=1S/C27H31N3O4/c1-18(2)7-6-8-19-11-13-20(14-12-19)26-22-15-29(16-25(32)30(22)23(26)17-31)27(33)28-21-9-4-5-10-24(21)34-3/h4-5,9-14,18,22-23,26,31H,7,15-17H2,1-3H3,(H,28,33)/t22-,23+,26+/m1/s1. The lowest BCUT2D eigenvalue weighted by Gasteiger charge is -2.58. The number of aliphatic hydroxyl groups is 1. The molecule has 178 valence electrons. The van der Waals surface area contributed by atoms with Crippen molar-refractivity contribution in [3.05, 3.63) is 59.7 Å². The van der Waals surface area contributed by atoms with Crippen molar-refractivity contribution in [1.29, 1.82) is 0 Å². The molecule has 0 spiro atoms. The normalized spacial score (nSPS) is 21.3. The zero-order valence-electron chi connectivity index (χ0n) is 19.8. The van der Waals surface area contributed by atoms with Crippen molar-refractivity contribution in [2.24, 2.45) is 5.92 Å². The third-order valence-corrected chi connectivity index (χ3v) is 6.43. The molecule has 2 fully saturated rings. The van der Waals surface area contributed by atoms with Crippen molar-refractivity contribution >= 4 is 17.6 Å². The van der Waals surface area contributed by atoms with Crippen LogP contribution in [0.1, 0.15) is 37.3 Å². The van der Waals surface area contributed by atoms with Gasteiger partial charge >= 0.3 is 6.03 Å². The maximum Gasteiger partial charge on any atom is 0.322 e. The summed E-state index contributed by atoms with van der Waals surface area (Å²) in [7, 11) is 1.54. The molecule has 2 saturated heterocycles. The number of hydrogen-bond donors (Lipinski definition) is 2. The number of benzene rings is 2. The van der Waals surface area contributed by atoms with Crippen LogP contribution in [0.25, 0.3) is 0 Å². The van der Waals surface area contributed by atoms with Gasteiger partial charge in [-0.15, -0.1) is 0 Å². The lowest BCUT2D eigenvalue weighted by atomic mass is 9.73. The van der Waals surface area contributed by atoms with Gasteiger partial charge in [-0.2, -0.15) is 0 Å². The molecule has 0 saturated carbocycles. The molecule has 34 heavy (non-hydrogen) atoms. The van der Waals surface area contributed by atoms with E-state index in [1.165, 1.54) is 4.90 Å². The number of rotatable bonds is 5. The number of methoxy groups -OCH3 is 1. The van der Waals surface area contributed by atoms with Crippen LogP contribution < -0.4 is 10.1 Å². The van der Waals surface area contributed by atoms with Gasteiger partial charge in [0.1, 0.15) is 12.3 Å². The van der Waals surface area contributed by atoms with Gasteiger partial charge in [-0.1, -0.05) is 50.0 Å². The predicted molar refractivity (Wildman–Crippen MR) is 131 cm³/mol. The monoisotopic (exact) mass is 461 g/mol. The highest BCUT2D eigenvalue weighted by Crippen LogP contribution is 2.43. The minimum absolute atomic E-state index is 0.0227. The molecule has 0 radical (unpaired) electrons. The van der Waals surface area contributed by atoms with E-state index in [4.69, 9.17) is 4.74 Å². The molecule has 2 aliphatic heterocycles. The fourth-order valence-corrected chi connectivity index (χ4v) is 4.74. The number of nitrogens with zero attached hydrogens (tertiary/aromatic N) is 2. The van der Waals surface area contributed by atoms with E-state index >= 15 is 0 Å². The van der Waals surface area contributed by atoms with Gasteiger partial charge in [0.2, 0.25) is 5.91 Å². The van der Waals surface area contributed by atoms with E-state index in [-0.39, 0.29) is 43.1 Å². The summed E-state index contributed by atoms with van der Waals surface area (Å²) >= 11 is 0. The lowest BCUT2D eigenvalue weighted by molar-refractivity contribution is -0.159. The number of amides is 3. The summed E-state index contributed by atoms with van der Waals surface area (Å²) in [4.78, 5) is 29.1. The molecule has 2 aromatic rings. The van der Waals surface area contributed by atoms with Gasteiger partial charge in [0.15, 0.2) is 0 Å². The molecule has 2 N–H and O–H groups in total. The first-order valence-corrected chi connectivity index (χ1v) is 11.6. The average molecular weight is 462 g/mol. The third kappa shape index (κ3) is 4.73. The number of nitrogens with one attached hydrogen (secondary N) is 1. The SMILES string of the molecule is COc1ccccc1NC(=O)N1CC(=O)N2[C@H](C1)[C@H](c1ccc(C#CCC(C)C)cc1)[C@@H]2CO. The van der Waals surface area contributed by atoms with Gasteiger partial charge in [-0.25, -0.2) is 4.79 Å². The Morgan fingerprint density at radius 3 is 2.62 bits per heavy atom. The molecular formula is C27H31N3O4. The quantitative estimate of drug-likeness (QED) is 0.670. The van der Waals surface area contributed by atoms with E-state index < -0.39 is 0 Å². The number of aliphatic hydroxyl groups excluding tert-OH is 1. The molecule has 7 heteroatoms. The molecule has 0 aliphatic carbocycles. The number of piperazine rings is 1. The Morgan fingerprint density at radius 1 is 1.21 bits per heavy atom. The van der Waals surface area contributed by atoms with Gasteiger partial charge in [0.05, 0.1) is 31.5 Å². The molecular weight excluding hydrogens is 430 g/mol. The zero-order valence-corrected chi connectivity index (χ0v) is 19.8. The second kappa shape index (κ2) is 10.2. The Labute approximate surface area is 200 Å². The Balaban J connectivity index is 1.49. The molecule has 2 aromatic carbocycles. The Kier molecular flexibility index (Phi) is 7.09. The van der Waals surface area contributed by atoms with Crippen LogP contribution in [0.5, 0.6) is 5.75 Å². The molecule has 2 aliphatic rings. The zero-order chi connectivity index (χ0) is 24.2. The van der Waals surface area contributed by atoms with Crippen LogP contribution in [0.3, 0.4) is 0 Å². The summed E-state index contributed by atoms with van der Waals surface area (Å²) in [6.07, 6.45) is 0.850. The first kappa shape index (κ1) is 23.7.